The Morgan fingerprint density at radius 2 is 2.10 bits per heavy atom. The van der Waals surface area contributed by atoms with Gasteiger partial charge in [0.2, 0.25) is 5.91 Å². The lowest BCUT2D eigenvalue weighted by Crippen LogP contribution is -2.49. The summed E-state index contributed by atoms with van der Waals surface area (Å²) in [5.41, 5.74) is 1.75. The second-order valence-corrected chi connectivity index (χ2v) is 7.49. The monoisotopic (exact) mass is 416 g/mol. The van der Waals surface area contributed by atoms with Crippen molar-refractivity contribution in [3.8, 4) is 5.75 Å². The number of carbonyl (C=O) groups is 2. The van der Waals surface area contributed by atoms with Gasteiger partial charge in [-0.1, -0.05) is 42.1 Å². The molecular formula is C21H24N2O5S. The van der Waals surface area contributed by atoms with E-state index in [0.717, 1.165) is 5.56 Å². The molecule has 154 valence electrons. The molecule has 1 unspecified atom stereocenters. The van der Waals surface area contributed by atoms with Gasteiger partial charge in [-0.05, 0) is 13.0 Å². The van der Waals surface area contributed by atoms with Gasteiger partial charge in [-0.3, -0.25) is 9.69 Å². The summed E-state index contributed by atoms with van der Waals surface area (Å²) in [5.74, 6) is 0.822. The Morgan fingerprint density at radius 3 is 2.86 bits per heavy atom. The first kappa shape index (κ1) is 21.1. The fourth-order valence-corrected chi connectivity index (χ4v) is 4.19. The summed E-state index contributed by atoms with van der Waals surface area (Å²) in [4.78, 5) is 31.6. The van der Waals surface area contributed by atoms with Crippen LogP contribution in [-0.4, -0.2) is 61.2 Å². The number of allylic oxidation sites excluding steroid dienone is 1. The van der Waals surface area contributed by atoms with E-state index in [1.165, 1.54) is 18.9 Å². The van der Waals surface area contributed by atoms with Crippen LogP contribution in [0.5, 0.6) is 5.75 Å². The molecule has 1 fully saturated rings. The summed E-state index contributed by atoms with van der Waals surface area (Å²) in [7, 11) is 3.14. The van der Waals surface area contributed by atoms with E-state index >= 15 is 0 Å². The van der Waals surface area contributed by atoms with Crippen molar-refractivity contribution in [1.82, 2.24) is 4.90 Å². The highest BCUT2D eigenvalue weighted by atomic mass is 32.2. The van der Waals surface area contributed by atoms with Crippen LogP contribution in [0.3, 0.4) is 0 Å². The number of rotatable bonds is 7. The zero-order chi connectivity index (χ0) is 20.8. The topological polar surface area (TPSA) is 77.4 Å². The lowest BCUT2D eigenvalue weighted by atomic mass is 10.00. The Hall–Kier alpha value is -2.58. The normalized spacial score (nSPS) is 19.3. The first-order valence-electron chi connectivity index (χ1n) is 9.28. The maximum absolute atomic E-state index is 12.8. The maximum Gasteiger partial charge on any atom is 0.338 e. The summed E-state index contributed by atoms with van der Waals surface area (Å²) in [5, 5.41) is 0.613. The highest BCUT2D eigenvalue weighted by molar-refractivity contribution is 8.14. The summed E-state index contributed by atoms with van der Waals surface area (Å²) in [6.07, 6.45) is 4.08. The van der Waals surface area contributed by atoms with E-state index in [2.05, 4.69) is 4.99 Å². The molecular weight excluding hydrogens is 392 g/mol. The van der Waals surface area contributed by atoms with Crippen molar-refractivity contribution in [2.24, 2.45) is 4.99 Å². The second kappa shape index (κ2) is 9.76. The number of aliphatic imine (C=N–C) groups is 1. The molecule has 1 atom stereocenters. The van der Waals surface area contributed by atoms with Gasteiger partial charge < -0.3 is 14.2 Å². The van der Waals surface area contributed by atoms with Gasteiger partial charge in [0.25, 0.3) is 0 Å². The van der Waals surface area contributed by atoms with Crippen LogP contribution < -0.4 is 4.74 Å². The predicted molar refractivity (Wildman–Crippen MR) is 113 cm³/mol. The highest BCUT2D eigenvalue weighted by Gasteiger charge is 2.39. The third kappa shape index (κ3) is 4.71. The first-order valence-corrected chi connectivity index (χ1v) is 10.3. The third-order valence-electron chi connectivity index (χ3n) is 4.59. The van der Waals surface area contributed by atoms with Crippen molar-refractivity contribution in [3.05, 3.63) is 47.2 Å². The van der Waals surface area contributed by atoms with Gasteiger partial charge in [0, 0.05) is 24.8 Å². The molecule has 0 radical (unpaired) electrons. The molecule has 3 rings (SSSR count). The Morgan fingerprint density at radius 1 is 1.31 bits per heavy atom. The van der Waals surface area contributed by atoms with Gasteiger partial charge in [0.1, 0.15) is 12.4 Å². The van der Waals surface area contributed by atoms with Crippen molar-refractivity contribution in [1.29, 1.82) is 0 Å². The molecule has 8 heteroatoms. The standard InChI is InChI=1S/C21H24N2O5S/c1-14-19(20(25)28-12-11-26-2)16(23-18(24)10-13-29-21(23)22-14)9-8-15-6-4-5-7-17(15)27-3/h4-9,16H,10-13H2,1-3H3/b9-8+. The molecule has 2 heterocycles. The quantitative estimate of drug-likeness (QED) is 0.502. The van der Waals surface area contributed by atoms with Crippen LogP contribution in [0.15, 0.2) is 46.6 Å². The SMILES string of the molecule is COCCOC(=O)C1=C(C)N=C2SCCC(=O)N2C1/C=C/c1ccccc1OC. The summed E-state index contributed by atoms with van der Waals surface area (Å²) in [6, 6.07) is 6.96. The lowest BCUT2D eigenvalue weighted by molar-refractivity contribution is -0.141. The molecule has 29 heavy (non-hydrogen) atoms. The van der Waals surface area contributed by atoms with Gasteiger partial charge in [-0.2, -0.15) is 0 Å². The minimum absolute atomic E-state index is 0.0631. The van der Waals surface area contributed by atoms with Crippen molar-refractivity contribution < 1.29 is 23.8 Å². The van der Waals surface area contributed by atoms with Crippen molar-refractivity contribution in [3.63, 3.8) is 0 Å². The molecule has 1 aromatic carbocycles. The van der Waals surface area contributed by atoms with Crippen molar-refractivity contribution in [2.45, 2.75) is 19.4 Å². The number of amides is 1. The number of amidine groups is 1. The number of hydrogen-bond donors (Lipinski definition) is 0. The fraction of sp³-hybridized carbons (Fsp3) is 0.381. The van der Waals surface area contributed by atoms with Gasteiger partial charge in [0.05, 0.1) is 31.0 Å². The molecule has 0 saturated carbocycles. The Bertz CT molecular complexity index is 878. The van der Waals surface area contributed by atoms with E-state index in [0.29, 0.717) is 41.0 Å². The Kier molecular flexibility index (Phi) is 7.11. The van der Waals surface area contributed by atoms with Crippen LogP contribution in [0.25, 0.3) is 6.08 Å². The van der Waals surface area contributed by atoms with Crippen LogP contribution >= 0.6 is 11.8 Å². The highest BCUT2D eigenvalue weighted by Crippen LogP contribution is 2.33. The molecule has 0 aromatic heterocycles. The molecule has 0 bridgehead atoms. The lowest BCUT2D eigenvalue weighted by Gasteiger charge is -2.37. The summed E-state index contributed by atoms with van der Waals surface area (Å²) >= 11 is 1.51. The fourth-order valence-electron chi connectivity index (χ4n) is 3.18. The van der Waals surface area contributed by atoms with Gasteiger partial charge in [-0.25, -0.2) is 9.79 Å². The van der Waals surface area contributed by atoms with E-state index in [1.54, 1.807) is 18.9 Å². The number of esters is 1. The number of nitrogens with zero attached hydrogens (tertiary/aromatic N) is 2. The summed E-state index contributed by atoms with van der Waals surface area (Å²) < 4.78 is 15.7. The van der Waals surface area contributed by atoms with Crippen LogP contribution in [0, 0.1) is 0 Å². The smallest absolute Gasteiger partial charge is 0.338 e. The number of thioether (sulfide) groups is 1. The second-order valence-electron chi connectivity index (χ2n) is 6.43. The minimum Gasteiger partial charge on any atom is -0.496 e. The molecule has 0 aliphatic carbocycles. The minimum atomic E-state index is -0.595. The zero-order valence-electron chi connectivity index (χ0n) is 16.7. The number of para-hydroxylation sites is 1. The molecule has 7 nitrogen and oxygen atoms in total. The van der Waals surface area contributed by atoms with Gasteiger partial charge >= 0.3 is 5.97 Å². The largest absolute Gasteiger partial charge is 0.496 e. The van der Waals surface area contributed by atoms with Gasteiger partial charge in [-0.15, -0.1) is 0 Å². The Labute approximate surface area is 174 Å². The van der Waals surface area contributed by atoms with Crippen LogP contribution in [0.1, 0.15) is 18.9 Å². The van der Waals surface area contributed by atoms with E-state index in [9.17, 15) is 9.59 Å². The molecule has 1 aromatic rings. The van der Waals surface area contributed by atoms with Gasteiger partial charge in [0.15, 0.2) is 5.17 Å². The van der Waals surface area contributed by atoms with Crippen molar-refractivity contribution >= 4 is 34.9 Å². The number of carbonyl (C=O) groups excluding carboxylic acids is 2. The average Bonchev–Trinajstić information content (AvgIpc) is 2.72. The van der Waals surface area contributed by atoms with Crippen LogP contribution in [0.2, 0.25) is 0 Å². The Balaban J connectivity index is 1.98. The van der Waals surface area contributed by atoms with Crippen molar-refractivity contribution in [2.75, 3.05) is 33.2 Å². The van der Waals surface area contributed by atoms with E-state index in [-0.39, 0.29) is 12.5 Å². The molecule has 2 aliphatic rings. The molecule has 0 spiro atoms. The average molecular weight is 416 g/mol. The maximum atomic E-state index is 12.8. The third-order valence-corrected chi connectivity index (χ3v) is 5.54. The summed E-state index contributed by atoms with van der Waals surface area (Å²) in [6.45, 7) is 2.20. The molecule has 1 amide bonds. The first-order chi connectivity index (χ1) is 14.1. The number of methoxy groups -OCH3 is 2. The van der Waals surface area contributed by atoms with E-state index in [4.69, 9.17) is 14.2 Å². The number of fused-ring (bicyclic) bond motifs is 1. The van der Waals surface area contributed by atoms with Crippen LogP contribution in [0.4, 0.5) is 0 Å². The molecule has 2 aliphatic heterocycles. The zero-order valence-corrected chi connectivity index (χ0v) is 17.5. The number of benzene rings is 1. The number of hydrogen-bond acceptors (Lipinski definition) is 7. The van der Waals surface area contributed by atoms with E-state index in [1.807, 2.05) is 36.4 Å². The molecule has 0 N–H and O–H groups in total. The molecule has 1 saturated heterocycles. The number of ether oxygens (including phenoxy) is 3. The predicted octanol–water partition coefficient (Wildman–Crippen LogP) is 2.88. The van der Waals surface area contributed by atoms with Crippen LogP contribution in [-0.2, 0) is 19.1 Å². The van der Waals surface area contributed by atoms with E-state index < -0.39 is 12.0 Å².